The molecule has 0 radical (unpaired) electrons. The van der Waals surface area contributed by atoms with Gasteiger partial charge in [0, 0.05) is 16.4 Å². The van der Waals surface area contributed by atoms with Gasteiger partial charge in [-0.05, 0) is 91.3 Å². The number of nitrogens with two attached hydrogens (primary N) is 1. The van der Waals surface area contributed by atoms with Crippen LogP contribution in [0, 0.1) is 33.0 Å². The summed E-state index contributed by atoms with van der Waals surface area (Å²) in [7, 11) is 0. The van der Waals surface area contributed by atoms with Crippen molar-refractivity contribution >= 4 is 11.7 Å². The SMILES string of the molecule is C=CCOC1=C(C)C2=CC=C3[C@@](C)(CC[C@@]4(C)[C@@H]5C[C@](C)(C(N)=O)CC[C@]5(C)CC[C@]34C)C2=CC1=O. The highest BCUT2D eigenvalue weighted by molar-refractivity contribution is 6.07. The van der Waals surface area contributed by atoms with E-state index in [-0.39, 0.29) is 33.4 Å². The first-order valence-electron chi connectivity index (χ1n) is 13.7. The molecule has 5 aliphatic rings. The third kappa shape index (κ3) is 3.12. The molecular weight excluding hydrogens is 446 g/mol. The maximum atomic E-state index is 13.2. The van der Waals surface area contributed by atoms with Gasteiger partial charge in [-0.2, -0.15) is 0 Å². The fourth-order valence-corrected chi connectivity index (χ4v) is 8.99. The van der Waals surface area contributed by atoms with Crippen molar-refractivity contribution in [3.63, 3.8) is 0 Å². The Bertz CT molecular complexity index is 1190. The molecule has 0 bridgehead atoms. The molecule has 4 heteroatoms. The van der Waals surface area contributed by atoms with Crippen molar-refractivity contribution in [2.45, 2.75) is 86.5 Å². The van der Waals surface area contributed by atoms with Gasteiger partial charge in [-0.15, -0.1) is 0 Å². The van der Waals surface area contributed by atoms with Crippen molar-refractivity contribution in [3.8, 4) is 0 Å². The van der Waals surface area contributed by atoms with Crippen LogP contribution in [0.5, 0.6) is 0 Å². The number of allylic oxidation sites excluding steroid dienone is 7. The Morgan fingerprint density at radius 3 is 2.44 bits per heavy atom. The lowest BCUT2D eigenvalue weighted by Gasteiger charge is -2.70. The van der Waals surface area contributed by atoms with E-state index in [4.69, 9.17) is 10.5 Å². The summed E-state index contributed by atoms with van der Waals surface area (Å²) >= 11 is 0. The highest BCUT2D eigenvalue weighted by Gasteiger charge is 2.67. The van der Waals surface area contributed by atoms with Crippen LogP contribution in [0.15, 0.2) is 58.9 Å². The van der Waals surface area contributed by atoms with E-state index in [0.29, 0.717) is 18.3 Å². The van der Waals surface area contributed by atoms with E-state index in [9.17, 15) is 9.59 Å². The Morgan fingerprint density at radius 2 is 1.78 bits per heavy atom. The van der Waals surface area contributed by atoms with E-state index in [1.807, 2.05) is 13.0 Å². The summed E-state index contributed by atoms with van der Waals surface area (Å²) in [5.41, 5.74) is 10.3. The molecule has 3 saturated carbocycles. The molecule has 0 aliphatic heterocycles. The van der Waals surface area contributed by atoms with E-state index < -0.39 is 5.41 Å². The van der Waals surface area contributed by atoms with Gasteiger partial charge in [0.05, 0.1) is 0 Å². The van der Waals surface area contributed by atoms with Crippen LogP contribution < -0.4 is 5.73 Å². The minimum absolute atomic E-state index is 0.0107. The second-order valence-electron chi connectivity index (χ2n) is 13.6. The summed E-state index contributed by atoms with van der Waals surface area (Å²) in [6.07, 6.45) is 15.3. The summed E-state index contributed by atoms with van der Waals surface area (Å²) < 4.78 is 5.77. The van der Waals surface area contributed by atoms with Crippen molar-refractivity contribution in [2.24, 2.45) is 38.7 Å². The van der Waals surface area contributed by atoms with E-state index in [1.54, 1.807) is 6.08 Å². The Labute approximate surface area is 216 Å². The lowest BCUT2D eigenvalue weighted by atomic mass is 9.34. The largest absolute Gasteiger partial charge is 0.485 e. The number of carbonyl (C=O) groups is 2. The number of rotatable bonds is 4. The number of ether oxygens (including phenoxy) is 1. The van der Waals surface area contributed by atoms with Gasteiger partial charge in [0.25, 0.3) is 0 Å². The molecule has 194 valence electrons. The Hall–Kier alpha value is -2.36. The average Bonchev–Trinajstić information content (AvgIpc) is 2.82. The van der Waals surface area contributed by atoms with E-state index in [2.05, 4.69) is 53.3 Å². The minimum Gasteiger partial charge on any atom is -0.485 e. The van der Waals surface area contributed by atoms with Gasteiger partial charge in [-0.3, -0.25) is 9.59 Å². The Morgan fingerprint density at radius 1 is 1.08 bits per heavy atom. The maximum absolute atomic E-state index is 13.2. The molecule has 0 aromatic rings. The van der Waals surface area contributed by atoms with E-state index >= 15 is 0 Å². The van der Waals surface area contributed by atoms with Crippen LogP contribution in [0.25, 0.3) is 0 Å². The second-order valence-corrected chi connectivity index (χ2v) is 13.6. The highest BCUT2D eigenvalue weighted by Crippen LogP contribution is 2.75. The summed E-state index contributed by atoms with van der Waals surface area (Å²) in [6, 6.07) is 0. The van der Waals surface area contributed by atoms with Gasteiger partial charge in [0.15, 0.2) is 5.76 Å². The molecule has 0 aromatic heterocycles. The van der Waals surface area contributed by atoms with Gasteiger partial charge < -0.3 is 10.5 Å². The van der Waals surface area contributed by atoms with Crippen molar-refractivity contribution < 1.29 is 14.3 Å². The van der Waals surface area contributed by atoms with E-state index in [1.165, 1.54) is 12.0 Å². The summed E-state index contributed by atoms with van der Waals surface area (Å²) in [4.78, 5) is 25.7. The molecule has 6 atom stereocenters. The first kappa shape index (κ1) is 25.3. The summed E-state index contributed by atoms with van der Waals surface area (Å²) in [5, 5.41) is 0. The molecule has 0 saturated heterocycles. The standard InChI is InChI=1S/C32H43NO3/c1-8-17-36-26-20(2)21-9-10-24-30(5,22(21)18-23(26)34)14-16-32(7)25-19-29(4,27(33)35)12-11-28(25,3)13-15-31(24,32)6/h8-10,18,25H,1,11-17,19H2,2-7H3,(H2,33,35)/t25-,28-,29-,30+,31-,32+/m1/s1. The summed E-state index contributed by atoms with van der Waals surface area (Å²) in [6.45, 7) is 17.9. The molecule has 5 rings (SSSR count). The van der Waals surface area contributed by atoms with Crippen molar-refractivity contribution in [2.75, 3.05) is 6.61 Å². The number of amides is 1. The second kappa shape index (κ2) is 7.82. The first-order valence-corrected chi connectivity index (χ1v) is 13.7. The number of ketones is 1. The van der Waals surface area contributed by atoms with Crippen LogP contribution in [-0.4, -0.2) is 18.3 Å². The molecule has 2 N–H and O–H groups in total. The number of carbonyl (C=O) groups excluding carboxylic acids is 2. The molecule has 0 unspecified atom stereocenters. The monoisotopic (exact) mass is 489 g/mol. The van der Waals surface area contributed by atoms with Crippen LogP contribution in [0.4, 0.5) is 0 Å². The molecule has 0 aromatic carbocycles. The lowest BCUT2D eigenvalue weighted by molar-refractivity contribution is -0.167. The zero-order valence-electron chi connectivity index (χ0n) is 23.1. The molecule has 1 amide bonds. The van der Waals surface area contributed by atoms with Crippen molar-refractivity contribution in [1.29, 1.82) is 0 Å². The minimum atomic E-state index is -0.428. The van der Waals surface area contributed by atoms with Gasteiger partial charge in [-0.25, -0.2) is 0 Å². The number of hydrogen-bond acceptors (Lipinski definition) is 3. The molecule has 0 spiro atoms. The third-order valence-corrected chi connectivity index (χ3v) is 11.8. The third-order valence-electron chi connectivity index (χ3n) is 11.8. The van der Waals surface area contributed by atoms with Crippen LogP contribution in [0.2, 0.25) is 0 Å². The van der Waals surface area contributed by atoms with Crippen LogP contribution in [0.1, 0.15) is 86.5 Å². The lowest BCUT2D eigenvalue weighted by Crippen LogP contribution is -2.62. The normalized spacial score (nSPS) is 43.7. The molecular formula is C32H43NO3. The van der Waals surface area contributed by atoms with Crippen LogP contribution >= 0.6 is 0 Å². The van der Waals surface area contributed by atoms with Gasteiger partial charge in [0.1, 0.15) is 6.61 Å². The zero-order chi connectivity index (χ0) is 26.3. The quantitative estimate of drug-likeness (QED) is 0.444. The van der Waals surface area contributed by atoms with E-state index in [0.717, 1.165) is 55.2 Å². The van der Waals surface area contributed by atoms with Crippen molar-refractivity contribution in [3.05, 3.63) is 58.9 Å². The maximum Gasteiger partial charge on any atom is 0.223 e. The molecule has 5 aliphatic carbocycles. The predicted molar refractivity (Wildman–Crippen MR) is 144 cm³/mol. The van der Waals surface area contributed by atoms with Crippen LogP contribution in [-0.2, 0) is 14.3 Å². The topological polar surface area (TPSA) is 69.4 Å². The number of primary amides is 1. The van der Waals surface area contributed by atoms with Crippen LogP contribution in [0.3, 0.4) is 0 Å². The molecule has 0 heterocycles. The van der Waals surface area contributed by atoms with Gasteiger partial charge >= 0.3 is 0 Å². The van der Waals surface area contributed by atoms with Crippen molar-refractivity contribution in [1.82, 2.24) is 0 Å². The number of hydrogen-bond donors (Lipinski definition) is 1. The molecule has 3 fully saturated rings. The fraction of sp³-hybridized carbons (Fsp3) is 0.625. The Balaban J connectivity index is 1.61. The molecule has 4 nitrogen and oxygen atoms in total. The average molecular weight is 490 g/mol. The molecule has 36 heavy (non-hydrogen) atoms. The number of fused-ring (bicyclic) bond motifs is 7. The predicted octanol–water partition coefficient (Wildman–Crippen LogP) is 6.74. The smallest absolute Gasteiger partial charge is 0.223 e. The highest BCUT2D eigenvalue weighted by atomic mass is 16.5. The zero-order valence-corrected chi connectivity index (χ0v) is 23.1. The Kier molecular flexibility index (Phi) is 5.50. The first-order chi connectivity index (χ1) is 16.8. The summed E-state index contributed by atoms with van der Waals surface area (Å²) in [5.74, 6) is 0.697. The fourth-order valence-electron chi connectivity index (χ4n) is 8.99. The van der Waals surface area contributed by atoms with Gasteiger partial charge in [-0.1, -0.05) is 65.0 Å². The van der Waals surface area contributed by atoms with Gasteiger partial charge in [0.2, 0.25) is 11.7 Å².